The summed E-state index contributed by atoms with van der Waals surface area (Å²) in [5.74, 6) is 1.50. The maximum Gasteiger partial charge on any atom is 0.224 e. The lowest BCUT2D eigenvalue weighted by Crippen LogP contribution is -1.99. The lowest BCUT2D eigenvalue weighted by molar-refractivity contribution is 0.476. The lowest BCUT2D eigenvalue weighted by atomic mass is 10.2. The Balaban J connectivity index is 2.55. The van der Waals surface area contributed by atoms with Gasteiger partial charge in [0.1, 0.15) is 5.75 Å². The summed E-state index contributed by atoms with van der Waals surface area (Å²) in [6.07, 6.45) is 0. The molecule has 0 saturated carbocycles. The average molecular weight is 204 g/mol. The Morgan fingerprint density at radius 2 is 2.00 bits per heavy atom. The molecule has 0 aliphatic carbocycles. The molecule has 2 rings (SSSR count). The number of phenols is 1. The normalized spacial score (nSPS) is 10.3. The van der Waals surface area contributed by atoms with Gasteiger partial charge >= 0.3 is 0 Å². The Kier molecular flexibility index (Phi) is 2.29. The average Bonchev–Trinajstić information content (AvgIpc) is 2.60. The van der Waals surface area contributed by atoms with Gasteiger partial charge in [0.25, 0.3) is 0 Å². The Morgan fingerprint density at radius 1 is 1.27 bits per heavy atom. The van der Waals surface area contributed by atoms with Crippen LogP contribution < -0.4 is 5.32 Å². The zero-order chi connectivity index (χ0) is 10.8. The van der Waals surface area contributed by atoms with Crippen LogP contribution in [0.15, 0.2) is 24.3 Å². The molecule has 1 aromatic heterocycles. The topological polar surface area (TPSA) is 63.0 Å². The maximum atomic E-state index is 9.67. The third-order valence-electron chi connectivity index (χ3n) is 2.24. The van der Waals surface area contributed by atoms with Crippen molar-refractivity contribution in [3.63, 3.8) is 0 Å². The summed E-state index contributed by atoms with van der Waals surface area (Å²) >= 11 is 0. The number of para-hydroxylation sites is 1. The van der Waals surface area contributed by atoms with Gasteiger partial charge < -0.3 is 10.4 Å². The molecule has 0 fully saturated rings. The zero-order valence-electron chi connectivity index (χ0n) is 8.60. The molecule has 0 aliphatic rings. The number of aromatic hydroxyl groups is 1. The highest BCUT2D eigenvalue weighted by Gasteiger charge is 2.12. The van der Waals surface area contributed by atoms with Gasteiger partial charge in [-0.3, -0.25) is 4.57 Å². The monoisotopic (exact) mass is 204 g/mol. The molecule has 5 nitrogen and oxygen atoms in total. The molecule has 2 N–H and O–H groups in total. The lowest BCUT2D eigenvalue weighted by Gasteiger charge is -2.04. The van der Waals surface area contributed by atoms with Crippen molar-refractivity contribution in [2.75, 3.05) is 12.4 Å². The van der Waals surface area contributed by atoms with Gasteiger partial charge in [-0.1, -0.05) is 12.1 Å². The Morgan fingerprint density at radius 3 is 2.60 bits per heavy atom. The molecule has 1 heterocycles. The van der Waals surface area contributed by atoms with E-state index in [-0.39, 0.29) is 5.75 Å². The number of hydrogen-bond donors (Lipinski definition) is 2. The van der Waals surface area contributed by atoms with Crippen LogP contribution in [0.25, 0.3) is 11.4 Å². The second-order valence-electron chi connectivity index (χ2n) is 3.17. The summed E-state index contributed by atoms with van der Waals surface area (Å²) in [6, 6.07) is 7.05. The predicted octanol–water partition coefficient (Wildman–Crippen LogP) is 1.23. The molecule has 0 radical (unpaired) electrons. The third kappa shape index (κ3) is 1.52. The van der Waals surface area contributed by atoms with Crippen molar-refractivity contribution in [3.8, 4) is 17.1 Å². The molecule has 2 aromatic rings. The van der Waals surface area contributed by atoms with Crippen LogP contribution in [-0.4, -0.2) is 26.9 Å². The van der Waals surface area contributed by atoms with Gasteiger partial charge in [-0.25, -0.2) is 0 Å². The number of anilines is 1. The molecule has 0 atom stereocenters. The number of phenolic OH excluding ortho intramolecular Hbond substituents is 1. The highest BCUT2D eigenvalue weighted by atomic mass is 16.3. The number of benzene rings is 1. The maximum absolute atomic E-state index is 9.67. The van der Waals surface area contributed by atoms with Gasteiger partial charge in [0.15, 0.2) is 5.82 Å². The first kappa shape index (κ1) is 9.51. The molecule has 1 aromatic carbocycles. The van der Waals surface area contributed by atoms with Crippen LogP contribution in [0.2, 0.25) is 0 Å². The standard InChI is InChI=1S/C10H12N4O/c1-11-10-13-12-9(14(10)2)7-5-3-4-6-8(7)15/h3-6,15H,1-2H3,(H,11,13). The SMILES string of the molecule is CNc1nnc(-c2ccccc2O)n1C. The van der Waals surface area contributed by atoms with E-state index < -0.39 is 0 Å². The Bertz CT molecular complexity index is 478. The van der Waals surface area contributed by atoms with Gasteiger partial charge in [-0.2, -0.15) is 0 Å². The summed E-state index contributed by atoms with van der Waals surface area (Å²) in [6.45, 7) is 0. The first-order valence-corrected chi connectivity index (χ1v) is 4.59. The van der Waals surface area contributed by atoms with Crippen molar-refractivity contribution in [2.24, 2.45) is 7.05 Å². The molecule has 0 saturated heterocycles. The summed E-state index contributed by atoms with van der Waals surface area (Å²) in [4.78, 5) is 0. The van der Waals surface area contributed by atoms with E-state index in [2.05, 4.69) is 15.5 Å². The largest absolute Gasteiger partial charge is 0.507 e. The van der Waals surface area contributed by atoms with Crippen molar-refractivity contribution in [2.45, 2.75) is 0 Å². The predicted molar refractivity (Wildman–Crippen MR) is 57.7 cm³/mol. The van der Waals surface area contributed by atoms with Gasteiger partial charge in [-0.05, 0) is 12.1 Å². The third-order valence-corrected chi connectivity index (χ3v) is 2.24. The van der Waals surface area contributed by atoms with Crippen LogP contribution >= 0.6 is 0 Å². The first-order chi connectivity index (χ1) is 7.24. The highest BCUT2D eigenvalue weighted by Crippen LogP contribution is 2.27. The molecular weight excluding hydrogens is 192 g/mol. The van der Waals surface area contributed by atoms with Gasteiger partial charge in [-0.15, -0.1) is 10.2 Å². The number of aromatic nitrogens is 3. The van der Waals surface area contributed by atoms with Crippen molar-refractivity contribution in [3.05, 3.63) is 24.3 Å². The van der Waals surface area contributed by atoms with E-state index in [1.807, 2.05) is 13.1 Å². The minimum absolute atomic E-state index is 0.204. The summed E-state index contributed by atoms with van der Waals surface area (Å²) in [5.41, 5.74) is 0.675. The van der Waals surface area contributed by atoms with Crippen LogP contribution in [0.1, 0.15) is 0 Å². The molecule has 0 bridgehead atoms. The number of nitrogens with one attached hydrogen (secondary N) is 1. The van der Waals surface area contributed by atoms with E-state index in [0.29, 0.717) is 17.3 Å². The van der Waals surface area contributed by atoms with Crippen LogP contribution in [0.4, 0.5) is 5.95 Å². The Hall–Kier alpha value is -2.04. The van der Waals surface area contributed by atoms with Crippen LogP contribution in [0.3, 0.4) is 0 Å². The second kappa shape index (κ2) is 3.61. The van der Waals surface area contributed by atoms with Crippen LogP contribution in [0.5, 0.6) is 5.75 Å². The van der Waals surface area contributed by atoms with Crippen molar-refractivity contribution < 1.29 is 5.11 Å². The van der Waals surface area contributed by atoms with Gasteiger partial charge in [0.2, 0.25) is 5.95 Å². The first-order valence-electron chi connectivity index (χ1n) is 4.59. The van der Waals surface area contributed by atoms with Gasteiger partial charge in [0.05, 0.1) is 5.56 Å². The fourth-order valence-corrected chi connectivity index (χ4v) is 1.44. The van der Waals surface area contributed by atoms with E-state index in [0.717, 1.165) is 0 Å². The minimum atomic E-state index is 0.204. The molecule has 5 heteroatoms. The fraction of sp³-hybridized carbons (Fsp3) is 0.200. The zero-order valence-corrected chi connectivity index (χ0v) is 8.60. The van der Waals surface area contributed by atoms with E-state index in [9.17, 15) is 5.11 Å². The molecule has 15 heavy (non-hydrogen) atoms. The molecule has 0 amide bonds. The summed E-state index contributed by atoms with van der Waals surface area (Å²) in [5, 5.41) is 20.5. The molecule has 0 unspecified atom stereocenters. The van der Waals surface area contributed by atoms with Crippen molar-refractivity contribution >= 4 is 5.95 Å². The molecule has 0 aliphatic heterocycles. The molecule has 78 valence electrons. The quantitative estimate of drug-likeness (QED) is 0.772. The van der Waals surface area contributed by atoms with Crippen molar-refractivity contribution in [1.82, 2.24) is 14.8 Å². The van der Waals surface area contributed by atoms with Crippen molar-refractivity contribution in [1.29, 1.82) is 0 Å². The smallest absolute Gasteiger partial charge is 0.224 e. The van der Waals surface area contributed by atoms with E-state index >= 15 is 0 Å². The Labute approximate surface area is 87.4 Å². The van der Waals surface area contributed by atoms with E-state index in [1.54, 1.807) is 29.8 Å². The minimum Gasteiger partial charge on any atom is -0.507 e. The molecular formula is C10H12N4O. The number of nitrogens with zero attached hydrogens (tertiary/aromatic N) is 3. The summed E-state index contributed by atoms with van der Waals surface area (Å²) < 4.78 is 1.79. The summed E-state index contributed by atoms with van der Waals surface area (Å²) in [7, 11) is 3.62. The van der Waals surface area contributed by atoms with Crippen LogP contribution in [-0.2, 0) is 7.05 Å². The van der Waals surface area contributed by atoms with Crippen LogP contribution in [0, 0.1) is 0 Å². The van der Waals surface area contributed by atoms with E-state index in [1.165, 1.54) is 0 Å². The number of rotatable bonds is 2. The fourth-order valence-electron chi connectivity index (χ4n) is 1.44. The second-order valence-corrected chi connectivity index (χ2v) is 3.17. The van der Waals surface area contributed by atoms with E-state index in [4.69, 9.17) is 0 Å². The van der Waals surface area contributed by atoms with Gasteiger partial charge in [0, 0.05) is 14.1 Å². The number of hydrogen-bond acceptors (Lipinski definition) is 4. The molecule has 0 spiro atoms. The highest BCUT2D eigenvalue weighted by molar-refractivity contribution is 5.64.